The second-order valence-corrected chi connectivity index (χ2v) is 8.99. The van der Waals surface area contributed by atoms with Gasteiger partial charge in [0.05, 0.1) is 5.69 Å². The highest BCUT2D eigenvalue weighted by Crippen LogP contribution is 2.19. The summed E-state index contributed by atoms with van der Waals surface area (Å²) in [5.41, 5.74) is 2.62. The maximum absolute atomic E-state index is 13.3. The number of carbonyl (C=O) groups excluding carboxylic acids is 2. The van der Waals surface area contributed by atoms with Crippen LogP contribution >= 0.6 is 0 Å². The number of benzene rings is 2. The second kappa shape index (κ2) is 11.1. The smallest absolute Gasteiger partial charge is 0.242 e. The van der Waals surface area contributed by atoms with E-state index >= 15 is 0 Å². The average molecular weight is 476 g/mol. The maximum atomic E-state index is 13.3. The molecule has 4 rings (SSSR count). The van der Waals surface area contributed by atoms with Gasteiger partial charge in [-0.25, -0.2) is 4.39 Å². The molecule has 2 amide bonds. The summed E-state index contributed by atoms with van der Waals surface area (Å²) >= 11 is 0. The zero-order chi connectivity index (χ0) is 24.8. The minimum Gasteiger partial charge on any atom is -0.352 e. The molecule has 0 spiro atoms. The summed E-state index contributed by atoms with van der Waals surface area (Å²) in [5, 5.41) is 8.74. The van der Waals surface area contributed by atoms with Gasteiger partial charge in [0, 0.05) is 44.2 Å². The molecule has 1 aliphatic rings. The number of hydrogen-bond acceptors (Lipinski definition) is 5. The van der Waals surface area contributed by atoms with Gasteiger partial charge in [-0.1, -0.05) is 56.3 Å². The maximum Gasteiger partial charge on any atom is 0.242 e. The zero-order valence-electron chi connectivity index (χ0n) is 20.1. The van der Waals surface area contributed by atoms with Crippen molar-refractivity contribution in [2.75, 3.05) is 37.6 Å². The summed E-state index contributed by atoms with van der Waals surface area (Å²) in [6, 6.07) is 19.8. The number of piperazine rings is 1. The Hall–Kier alpha value is -3.81. The van der Waals surface area contributed by atoms with Crippen LogP contribution in [0.4, 0.5) is 10.2 Å². The first kappa shape index (κ1) is 24.3. The molecular formula is C27H30FN5O2. The van der Waals surface area contributed by atoms with Gasteiger partial charge in [0.15, 0.2) is 5.82 Å². The summed E-state index contributed by atoms with van der Waals surface area (Å²) in [7, 11) is 0. The topological polar surface area (TPSA) is 69.6 Å². The molecule has 0 aliphatic carbocycles. The van der Waals surface area contributed by atoms with Crippen LogP contribution in [0.2, 0.25) is 0 Å². The molecular weight excluding hydrogens is 445 g/mol. The van der Waals surface area contributed by atoms with Crippen molar-refractivity contribution in [3.8, 4) is 11.3 Å². The first-order valence-corrected chi connectivity index (χ1v) is 11.9. The number of carbonyl (C=O) groups is 2. The predicted molar refractivity (Wildman–Crippen MR) is 133 cm³/mol. The van der Waals surface area contributed by atoms with Gasteiger partial charge in [-0.2, -0.15) is 0 Å². The number of aromatic nitrogens is 2. The van der Waals surface area contributed by atoms with E-state index < -0.39 is 0 Å². The first-order chi connectivity index (χ1) is 16.9. The molecule has 35 heavy (non-hydrogen) atoms. The molecule has 1 aromatic heterocycles. The zero-order valence-corrected chi connectivity index (χ0v) is 20.1. The van der Waals surface area contributed by atoms with E-state index in [1.54, 1.807) is 21.9 Å². The Morgan fingerprint density at radius 2 is 1.60 bits per heavy atom. The van der Waals surface area contributed by atoms with Crippen molar-refractivity contribution in [1.82, 2.24) is 20.0 Å². The van der Waals surface area contributed by atoms with Crippen molar-refractivity contribution in [3.05, 3.63) is 78.1 Å². The molecule has 7 nitrogen and oxygen atoms in total. The van der Waals surface area contributed by atoms with Crippen molar-refractivity contribution in [2.24, 2.45) is 5.92 Å². The van der Waals surface area contributed by atoms with E-state index in [9.17, 15) is 14.0 Å². The number of halogens is 1. The molecule has 1 fully saturated rings. The number of anilines is 1. The fourth-order valence-electron chi connectivity index (χ4n) is 4.09. The van der Waals surface area contributed by atoms with Gasteiger partial charge in [0.1, 0.15) is 12.4 Å². The lowest BCUT2D eigenvalue weighted by atomic mass is 10.1. The minimum atomic E-state index is -0.330. The predicted octanol–water partition coefficient (Wildman–Crippen LogP) is 3.62. The lowest BCUT2D eigenvalue weighted by molar-refractivity contribution is -0.143. The Labute approximate surface area is 205 Å². The molecule has 2 heterocycles. The van der Waals surface area contributed by atoms with Gasteiger partial charge >= 0.3 is 0 Å². The molecule has 0 unspecified atom stereocenters. The van der Waals surface area contributed by atoms with Crippen LogP contribution in [0.1, 0.15) is 19.4 Å². The quantitative estimate of drug-likeness (QED) is 0.522. The molecule has 2 aromatic carbocycles. The van der Waals surface area contributed by atoms with Crippen LogP contribution in [0.5, 0.6) is 0 Å². The van der Waals surface area contributed by atoms with Crippen LogP contribution in [0.25, 0.3) is 11.3 Å². The second-order valence-electron chi connectivity index (χ2n) is 8.99. The summed E-state index contributed by atoms with van der Waals surface area (Å²) in [4.78, 5) is 31.3. The molecule has 1 aliphatic heterocycles. The van der Waals surface area contributed by atoms with E-state index in [-0.39, 0.29) is 36.6 Å². The summed E-state index contributed by atoms with van der Waals surface area (Å²) in [5.74, 6) is 0.0208. The van der Waals surface area contributed by atoms with Crippen molar-refractivity contribution >= 4 is 17.6 Å². The van der Waals surface area contributed by atoms with E-state index in [2.05, 4.69) is 15.1 Å². The molecule has 0 N–H and O–H groups in total. The third kappa shape index (κ3) is 6.20. The minimum absolute atomic E-state index is 0.0000318. The average Bonchev–Trinajstić information content (AvgIpc) is 2.89. The van der Waals surface area contributed by atoms with Crippen LogP contribution in [-0.4, -0.2) is 64.5 Å². The van der Waals surface area contributed by atoms with Gasteiger partial charge < -0.3 is 14.7 Å². The Kier molecular flexibility index (Phi) is 7.70. The monoisotopic (exact) mass is 475 g/mol. The lowest BCUT2D eigenvalue weighted by Gasteiger charge is -2.36. The molecule has 0 saturated carbocycles. The normalized spacial score (nSPS) is 13.7. The van der Waals surface area contributed by atoms with E-state index in [4.69, 9.17) is 0 Å². The molecule has 0 atom stereocenters. The third-order valence-corrected chi connectivity index (χ3v) is 6.09. The van der Waals surface area contributed by atoms with E-state index in [1.807, 2.05) is 56.3 Å². The highest BCUT2D eigenvalue weighted by Gasteiger charge is 2.26. The van der Waals surface area contributed by atoms with Gasteiger partial charge in [-0.05, 0) is 29.8 Å². The highest BCUT2D eigenvalue weighted by atomic mass is 19.1. The fraction of sp³-hybridized carbons (Fsp3) is 0.333. The number of nitrogens with zero attached hydrogens (tertiary/aromatic N) is 5. The largest absolute Gasteiger partial charge is 0.352 e. The third-order valence-electron chi connectivity index (χ3n) is 6.09. The van der Waals surface area contributed by atoms with E-state index in [0.717, 1.165) is 22.6 Å². The van der Waals surface area contributed by atoms with Crippen molar-refractivity contribution < 1.29 is 14.0 Å². The van der Waals surface area contributed by atoms with Crippen molar-refractivity contribution in [2.45, 2.75) is 20.4 Å². The van der Waals surface area contributed by atoms with Gasteiger partial charge in [0.2, 0.25) is 11.8 Å². The Morgan fingerprint density at radius 3 is 2.20 bits per heavy atom. The summed E-state index contributed by atoms with van der Waals surface area (Å²) in [6.45, 7) is 6.26. The van der Waals surface area contributed by atoms with E-state index in [1.165, 1.54) is 12.1 Å². The van der Waals surface area contributed by atoms with Crippen LogP contribution in [0, 0.1) is 11.7 Å². The molecule has 8 heteroatoms. The van der Waals surface area contributed by atoms with Crippen LogP contribution in [0.15, 0.2) is 66.7 Å². The van der Waals surface area contributed by atoms with Crippen molar-refractivity contribution in [1.29, 1.82) is 0 Å². The standard InChI is InChI=1S/C27H30FN5O2/c1-20(2)27(35)33(18-21-8-10-23(28)11-9-21)19-26(34)32-16-14-31(15-17-32)25-13-12-24(29-30-25)22-6-4-3-5-7-22/h3-13,20H,14-19H2,1-2H3. The van der Waals surface area contributed by atoms with Crippen LogP contribution in [-0.2, 0) is 16.1 Å². The molecule has 0 radical (unpaired) electrons. The lowest BCUT2D eigenvalue weighted by Crippen LogP contribution is -2.52. The first-order valence-electron chi connectivity index (χ1n) is 11.9. The molecule has 1 saturated heterocycles. The molecule has 3 aromatic rings. The van der Waals surface area contributed by atoms with Crippen LogP contribution in [0.3, 0.4) is 0 Å². The Balaban J connectivity index is 1.34. The van der Waals surface area contributed by atoms with Gasteiger partial charge in [-0.15, -0.1) is 10.2 Å². The molecule has 0 bridgehead atoms. The number of amides is 2. The van der Waals surface area contributed by atoms with E-state index in [0.29, 0.717) is 26.2 Å². The Morgan fingerprint density at radius 1 is 0.914 bits per heavy atom. The van der Waals surface area contributed by atoms with Crippen molar-refractivity contribution in [3.63, 3.8) is 0 Å². The van der Waals surface area contributed by atoms with Crippen LogP contribution < -0.4 is 4.90 Å². The SMILES string of the molecule is CC(C)C(=O)N(CC(=O)N1CCN(c2ccc(-c3ccccc3)nn2)CC1)Cc1ccc(F)cc1. The summed E-state index contributed by atoms with van der Waals surface area (Å²) < 4.78 is 13.3. The summed E-state index contributed by atoms with van der Waals surface area (Å²) in [6.07, 6.45) is 0. The van der Waals surface area contributed by atoms with Gasteiger partial charge in [-0.3, -0.25) is 9.59 Å². The Bertz CT molecular complexity index is 1130. The number of rotatable bonds is 7. The molecule has 182 valence electrons. The fourth-order valence-corrected chi connectivity index (χ4v) is 4.09. The number of hydrogen-bond donors (Lipinski definition) is 0. The van der Waals surface area contributed by atoms with Gasteiger partial charge in [0.25, 0.3) is 0 Å². The highest BCUT2D eigenvalue weighted by molar-refractivity contribution is 5.85.